The molecule has 1 unspecified atom stereocenters. The van der Waals surface area contributed by atoms with Crippen LogP contribution in [0.5, 0.6) is 11.5 Å². The number of amidine groups is 1. The predicted molar refractivity (Wildman–Crippen MR) is 118 cm³/mol. The normalized spacial score (nSPS) is 20.0. The number of rotatable bonds is 5. The summed E-state index contributed by atoms with van der Waals surface area (Å²) in [6.07, 6.45) is 2.34. The van der Waals surface area contributed by atoms with Crippen molar-refractivity contribution in [1.29, 1.82) is 0 Å². The predicted octanol–water partition coefficient (Wildman–Crippen LogP) is 4.78. The van der Waals surface area contributed by atoms with Crippen LogP contribution < -0.4 is 9.64 Å². The molecule has 4 rings (SSSR count). The molecular weight excluding hydrogens is 394 g/mol. The highest BCUT2D eigenvalue weighted by atomic mass is 35.5. The van der Waals surface area contributed by atoms with Crippen molar-refractivity contribution in [3.8, 4) is 11.5 Å². The number of aliphatic imine (C=N–C) groups is 1. The second-order valence-corrected chi connectivity index (χ2v) is 7.83. The molecule has 1 atom stereocenters. The lowest BCUT2D eigenvalue weighted by Gasteiger charge is -2.32. The van der Waals surface area contributed by atoms with Crippen LogP contribution in [0.4, 0.5) is 5.69 Å². The van der Waals surface area contributed by atoms with Gasteiger partial charge in [0.05, 0.1) is 6.04 Å². The summed E-state index contributed by atoms with van der Waals surface area (Å²) in [5, 5.41) is 1.04. The van der Waals surface area contributed by atoms with Crippen LogP contribution in [0, 0.1) is 0 Å². The Balaban J connectivity index is 0.00000225. The molecule has 0 spiro atoms. The molecule has 0 radical (unpaired) electrons. The van der Waals surface area contributed by atoms with Crippen molar-refractivity contribution in [3.05, 3.63) is 54.6 Å². The van der Waals surface area contributed by atoms with Crippen molar-refractivity contribution < 1.29 is 9.53 Å². The molecule has 0 N–H and O–H groups in total. The van der Waals surface area contributed by atoms with Crippen LogP contribution in [0.1, 0.15) is 19.8 Å². The minimum Gasteiger partial charge on any atom is -0.457 e. The Morgan fingerprint density at radius 1 is 1.11 bits per heavy atom. The van der Waals surface area contributed by atoms with Gasteiger partial charge in [-0.05, 0) is 49.2 Å². The van der Waals surface area contributed by atoms with Crippen LogP contribution >= 0.6 is 24.2 Å². The maximum atomic E-state index is 12.4. The average molecular weight is 418 g/mol. The minimum absolute atomic E-state index is 0. The molecule has 0 bridgehead atoms. The maximum Gasteiger partial charge on any atom is 0.225 e. The molecule has 28 heavy (non-hydrogen) atoms. The first-order valence-corrected chi connectivity index (χ1v) is 10.2. The first-order valence-electron chi connectivity index (χ1n) is 9.18. The second kappa shape index (κ2) is 8.88. The standard InChI is InChI=1S/C21H23N3O2S.ClH/c1-15(25)24(20-14-27-21(23(20)2)22-16-8-9-16)17-10-12-19(13-11-17)26-18-6-4-3-5-7-18;/h3-7,10-13,16,20H,8-9,14H2,1-2H3;1H. The van der Waals surface area contributed by atoms with E-state index in [-0.39, 0.29) is 24.5 Å². The number of para-hydroxylation sites is 1. The van der Waals surface area contributed by atoms with Gasteiger partial charge in [-0.25, -0.2) is 0 Å². The summed E-state index contributed by atoms with van der Waals surface area (Å²) in [4.78, 5) is 21.1. The van der Waals surface area contributed by atoms with Gasteiger partial charge in [0.25, 0.3) is 0 Å². The van der Waals surface area contributed by atoms with Crippen molar-refractivity contribution in [2.75, 3.05) is 17.7 Å². The molecule has 1 aliphatic heterocycles. The van der Waals surface area contributed by atoms with Crippen LogP contribution in [0.3, 0.4) is 0 Å². The number of hydrogen-bond donors (Lipinski definition) is 0. The van der Waals surface area contributed by atoms with E-state index >= 15 is 0 Å². The molecule has 2 aliphatic rings. The van der Waals surface area contributed by atoms with E-state index < -0.39 is 0 Å². The van der Waals surface area contributed by atoms with Crippen LogP contribution in [-0.4, -0.2) is 41.0 Å². The number of anilines is 1. The first-order chi connectivity index (χ1) is 13.1. The van der Waals surface area contributed by atoms with Crippen LogP contribution in [0.15, 0.2) is 59.6 Å². The number of carbonyl (C=O) groups is 1. The molecule has 2 fully saturated rings. The molecule has 5 nitrogen and oxygen atoms in total. The minimum atomic E-state index is -0.0223. The van der Waals surface area contributed by atoms with E-state index in [9.17, 15) is 4.79 Å². The fourth-order valence-corrected chi connectivity index (χ4v) is 4.31. The maximum absolute atomic E-state index is 12.4. The van der Waals surface area contributed by atoms with Gasteiger partial charge in [0.2, 0.25) is 5.91 Å². The number of halogens is 1. The molecule has 1 aliphatic carbocycles. The number of ether oxygens (including phenoxy) is 1. The van der Waals surface area contributed by atoms with Crippen LogP contribution in [-0.2, 0) is 4.79 Å². The summed E-state index contributed by atoms with van der Waals surface area (Å²) in [6.45, 7) is 1.61. The number of carbonyl (C=O) groups excluding carboxylic acids is 1. The Hall–Kier alpha value is -2.18. The quantitative estimate of drug-likeness (QED) is 0.702. The van der Waals surface area contributed by atoms with E-state index in [1.807, 2.05) is 66.5 Å². The molecule has 1 saturated heterocycles. The van der Waals surface area contributed by atoms with Crippen molar-refractivity contribution in [2.45, 2.75) is 32.0 Å². The molecule has 2 aromatic rings. The van der Waals surface area contributed by atoms with E-state index in [1.165, 1.54) is 12.8 Å². The summed E-state index contributed by atoms with van der Waals surface area (Å²) >= 11 is 1.73. The lowest BCUT2D eigenvalue weighted by Crippen LogP contribution is -2.48. The number of amides is 1. The smallest absolute Gasteiger partial charge is 0.225 e. The number of benzene rings is 2. The molecule has 2 aromatic carbocycles. The highest BCUT2D eigenvalue weighted by molar-refractivity contribution is 8.14. The van der Waals surface area contributed by atoms with Crippen molar-refractivity contribution in [1.82, 2.24) is 4.90 Å². The zero-order chi connectivity index (χ0) is 18.8. The third-order valence-corrected chi connectivity index (χ3v) is 5.80. The summed E-state index contributed by atoms with van der Waals surface area (Å²) in [5.41, 5.74) is 0.869. The highest BCUT2D eigenvalue weighted by Crippen LogP contribution is 2.33. The van der Waals surface area contributed by atoms with Gasteiger partial charge in [-0.3, -0.25) is 14.7 Å². The van der Waals surface area contributed by atoms with Gasteiger partial charge in [0, 0.05) is 25.4 Å². The summed E-state index contributed by atoms with van der Waals surface area (Å²) in [7, 11) is 2.02. The van der Waals surface area contributed by atoms with Gasteiger partial charge in [-0.15, -0.1) is 12.4 Å². The monoisotopic (exact) mass is 417 g/mol. The fourth-order valence-electron chi connectivity index (χ4n) is 3.09. The first kappa shape index (κ1) is 20.6. The van der Waals surface area contributed by atoms with Gasteiger partial charge >= 0.3 is 0 Å². The molecule has 1 amide bonds. The van der Waals surface area contributed by atoms with Gasteiger partial charge in [-0.2, -0.15) is 0 Å². The third kappa shape index (κ3) is 4.62. The zero-order valence-electron chi connectivity index (χ0n) is 15.9. The second-order valence-electron chi connectivity index (χ2n) is 6.84. The Labute approximate surface area is 176 Å². The highest BCUT2D eigenvalue weighted by Gasteiger charge is 2.35. The van der Waals surface area contributed by atoms with Crippen molar-refractivity contribution >= 4 is 40.9 Å². The number of hydrogen-bond acceptors (Lipinski definition) is 4. The lowest BCUT2D eigenvalue weighted by atomic mass is 10.2. The van der Waals surface area contributed by atoms with Gasteiger partial charge < -0.3 is 9.64 Å². The fraction of sp³-hybridized carbons (Fsp3) is 0.333. The molecule has 7 heteroatoms. The number of thioether (sulfide) groups is 1. The summed E-state index contributed by atoms with van der Waals surface area (Å²) in [6, 6.07) is 17.8. The van der Waals surface area contributed by atoms with E-state index in [4.69, 9.17) is 9.73 Å². The van der Waals surface area contributed by atoms with Gasteiger partial charge in [-0.1, -0.05) is 30.0 Å². The average Bonchev–Trinajstić information content (AvgIpc) is 3.42. The Morgan fingerprint density at radius 3 is 2.36 bits per heavy atom. The molecule has 1 heterocycles. The topological polar surface area (TPSA) is 45.1 Å². The largest absolute Gasteiger partial charge is 0.457 e. The summed E-state index contributed by atoms with van der Waals surface area (Å²) < 4.78 is 5.85. The van der Waals surface area contributed by atoms with Gasteiger partial charge in [0.15, 0.2) is 5.17 Å². The molecular formula is C21H24ClN3O2S. The third-order valence-electron chi connectivity index (χ3n) is 4.68. The SMILES string of the molecule is CC(=O)N(c1ccc(Oc2ccccc2)cc1)C1CSC(=NC2CC2)N1C.Cl. The number of nitrogens with zero attached hydrogens (tertiary/aromatic N) is 3. The van der Waals surface area contributed by atoms with E-state index in [0.29, 0.717) is 6.04 Å². The van der Waals surface area contributed by atoms with Crippen molar-refractivity contribution in [2.24, 2.45) is 4.99 Å². The molecule has 148 valence electrons. The zero-order valence-corrected chi connectivity index (χ0v) is 17.6. The molecule has 0 aromatic heterocycles. The van der Waals surface area contributed by atoms with E-state index in [1.54, 1.807) is 18.7 Å². The van der Waals surface area contributed by atoms with E-state index in [2.05, 4.69) is 4.90 Å². The summed E-state index contributed by atoms with van der Waals surface area (Å²) in [5.74, 6) is 2.39. The lowest BCUT2D eigenvalue weighted by molar-refractivity contribution is -0.117. The van der Waals surface area contributed by atoms with Crippen molar-refractivity contribution in [3.63, 3.8) is 0 Å². The van der Waals surface area contributed by atoms with Crippen LogP contribution in [0.25, 0.3) is 0 Å². The Bertz CT molecular complexity index is 840. The molecule has 1 saturated carbocycles. The van der Waals surface area contributed by atoms with E-state index in [0.717, 1.165) is 28.1 Å². The van der Waals surface area contributed by atoms with Crippen LogP contribution in [0.2, 0.25) is 0 Å². The van der Waals surface area contributed by atoms with Gasteiger partial charge in [0.1, 0.15) is 17.7 Å². The Morgan fingerprint density at radius 2 is 1.75 bits per heavy atom. The Kier molecular flexibility index (Phi) is 6.52.